The molecule has 6 aliphatic heterocycles. The van der Waals surface area contributed by atoms with Crippen LogP contribution in [0.4, 0.5) is 0 Å². The Morgan fingerprint density at radius 1 is 0.814 bits per heavy atom. The average Bonchev–Trinajstić information content (AvgIpc) is 1.74. The molecular formula is C75H88N4O7. The van der Waals surface area contributed by atoms with E-state index in [2.05, 4.69) is 130 Å². The number of hydrogen-bond donors (Lipinski definition) is 2. The number of Topliss-reactive ketones (excluding diaryl/α,β-unsaturated/α-hetero) is 1. The maximum absolute atomic E-state index is 14.1. The lowest BCUT2D eigenvalue weighted by Crippen LogP contribution is -2.49. The third-order valence-corrected chi connectivity index (χ3v) is 19.1. The quantitative estimate of drug-likeness (QED) is 0.0510. The van der Waals surface area contributed by atoms with Crippen LogP contribution in [0.5, 0.6) is 0 Å². The smallest absolute Gasteiger partial charge is 0.306 e. The van der Waals surface area contributed by atoms with Gasteiger partial charge in [-0.1, -0.05) is 144 Å². The summed E-state index contributed by atoms with van der Waals surface area (Å²) < 4.78 is 18.5. The maximum atomic E-state index is 14.1. The number of fused-ring (bicyclic) bond motifs is 6. The Hall–Kier alpha value is -7.68. The van der Waals surface area contributed by atoms with Crippen LogP contribution in [0.15, 0.2) is 213 Å². The number of nitrogens with zero attached hydrogens (tertiary/aromatic N) is 3. The van der Waals surface area contributed by atoms with Gasteiger partial charge in [0.1, 0.15) is 23.6 Å². The second-order valence-corrected chi connectivity index (χ2v) is 26.5. The van der Waals surface area contributed by atoms with Crippen molar-refractivity contribution in [2.45, 2.75) is 192 Å². The first-order chi connectivity index (χ1) is 40.6. The third-order valence-electron chi connectivity index (χ3n) is 19.1. The lowest BCUT2D eigenvalue weighted by atomic mass is 9.61. The van der Waals surface area contributed by atoms with Gasteiger partial charge in [-0.3, -0.25) is 14.4 Å². The number of epoxide rings is 1. The number of aliphatic hydroxyl groups is 1. The highest BCUT2D eigenvalue weighted by molar-refractivity contribution is 6.21. The third kappa shape index (κ3) is 12.6. The number of carbonyl (C=O) groups excluding carboxylic acids is 3. The summed E-state index contributed by atoms with van der Waals surface area (Å²) in [6.45, 7) is 36.8. The van der Waals surface area contributed by atoms with Gasteiger partial charge >= 0.3 is 11.9 Å². The van der Waals surface area contributed by atoms with Crippen molar-refractivity contribution in [1.29, 1.82) is 0 Å². The Bertz CT molecular complexity index is 3700. The summed E-state index contributed by atoms with van der Waals surface area (Å²) in [5.74, 6) is 6.43. The number of ketones is 1. The normalized spacial score (nSPS) is 28.0. The lowest BCUT2D eigenvalue weighted by Gasteiger charge is -2.41. The largest absolute Gasteiger partial charge is 0.511 e. The summed E-state index contributed by atoms with van der Waals surface area (Å²) in [7, 11) is 0. The predicted molar refractivity (Wildman–Crippen MR) is 348 cm³/mol. The van der Waals surface area contributed by atoms with E-state index in [1.165, 1.54) is 12.5 Å². The molecule has 0 spiro atoms. The fourth-order valence-corrected chi connectivity index (χ4v) is 14.3. The van der Waals surface area contributed by atoms with Crippen LogP contribution >= 0.6 is 0 Å². The molecule has 3 fully saturated rings. The zero-order valence-corrected chi connectivity index (χ0v) is 53.7. The lowest BCUT2D eigenvalue weighted by molar-refractivity contribution is -0.153. The number of hydrogen-bond acceptors (Lipinski definition) is 11. The van der Waals surface area contributed by atoms with E-state index in [9.17, 15) is 19.5 Å². The molecule has 0 aromatic heterocycles. The first kappa shape index (κ1) is 62.8. The fourth-order valence-electron chi connectivity index (χ4n) is 14.3. The van der Waals surface area contributed by atoms with Crippen molar-refractivity contribution in [2.24, 2.45) is 37.6 Å². The zero-order chi connectivity index (χ0) is 62.4. The van der Waals surface area contributed by atoms with Gasteiger partial charge in [-0.25, -0.2) is 15.0 Å². The van der Waals surface area contributed by atoms with Crippen LogP contribution in [0.1, 0.15) is 169 Å². The molecule has 6 atom stereocenters. The number of nitrogens with one attached hydrogen (secondary N) is 1. The number of carbonyl (C=O) groups is 3. The van der Waals surface area contributed by atoms with E-state index in [4.69, 9.17) is 29.2 Å². The van der Waals surface area contributed by atoms with Gasteiger partial charge < -0.3 is 24.6 Å². The van der Waals surface area contributed by atoms with Crippen LogP contribution in [0.2, 0.25) is 0 Å². The van der Waals surface area contributed by atoms with Gasteiger partial charge in [0.25, 0.3) is 0 Å². The molecular weight excluding hydrogens is 1070 g/mol. The highest BCUT2D eigenvalue weighted by atomic mass is 16.6. The molecule has 86 heavy (non-hydrogen) atoms. The molecule has 2 N–H and O–H groups in total. The van der Waals surface area contributed by atoms with Crippen molar-refractivity contribution in [1.82, 2.24) is 5.32 Å². The minimum absolute atomic E-state index is 0.0201. The molecule has 0 aromatic rings. The maximum Gasteiger partial charge on any atom is 0.306 e. The molecule has 9 aliphatic rings. The van der Waals surface area contributed by atoms with E-state index in [0.717, 1.165) is 120 Å². The second kappa shape index (κ2) is 24.6. The van der Waals surface area contributed by atoms with E-state index in [-0.39, 0.29) is 60.0 Å². The molecule has 0 aromatic carbocycles. The number of aliphatic hydroxyl groups excluding tert-OH is 1. The number of allylic oxidation sites excluding steroid dienone is 27. The topological polar surface area (TPSA) is 152 Å². The zero-order valence-electron chi connectivity index (χ0n) is 53.7. The van der Waals surface area contributed by atoms with Gasteiger partial charge in [-0.15, -0.1) is 0 Å². The highest BCUT2D eigenvalue weighted by Crippen LogP contribution is 2.67. The van der Waals surface area contributed by atoms with E-state index in [1.54, 1.807) is 0 Å². The minimum Gasteiger partial charge on any atom is -0.511 e. The van der Waals surface area contributed by atoms with Crippen molar-refractivity contribution in [3.63, 3.8) is 0 Å². The van der Waals surface area contributed by atoms with Crippen LogP contribution in [-0.4, -0.2) is 63.4 Å². The Morgan fingerprint density at radius 3 is 2.14 bits per heavy atom. The van der Waals surface area contributed by atoms with Gasteiger partial charge in [-0.2, -0.15) is 0 Å². The number of esters is 2. The van der Waals surface area contributed by atoms with E-state index < -0.39 is 16.6 Å². The SMILES string of the molecule is C=CC1=C(C)C2=NC1=CC1=NC(=CC3=C(C)C4=C(O)CC(=C5NC(=C2)C(C)C5CCC(=O)OC2CC(C)(C)C5(CC(=O)C(C)=CC=CC(C)=CC=CC=C(C)C=CC=C(C)C#CC6=C(C)CC(OC(C)=O)CC6(C)C)OC5(C)C2)C4=N3)C(CC)=C1C. The summed E-state index contributed by atoms with van der Waals surface area (Å²) in [4.78, 5) is 55.1. The Balaban J connectivity index is 0.804. The molecule has 0 amide bonds. The van der Waals surface area contributed by atoms with Crippen LogP contribution in [0, 0.1) is 34.5 Å². The second-order valence-electron chi connectivity index (χ2n) is 26.5. The van der Waals surface area contributed by atoms with Gasteiger partial charge in [-0.05, 0) is 140 Å². The average molecular weight is 1160 g/mol. The van der Waals surface area contributed by atoms with Crippen molar-refractivity contribution in [3.8, 4) is 11.8 Å². The molecule has 450 valence electrons. The summed E-state index contributed by atoms with van der Waals surface area (Å²) >= 11 is 0. The van der Waals surface area contributed by atoms with E-state index >= 15 is 0 Å². The molecule has 0 radical (unpaired) electrons. The minimum atomic E-state index is -0.674. The Labute approximate surface area is 511 Å². The molecule has 8 bridgehead atoms. The van der Waals surface area contributed by atoms with E-state index in [1.807, 2.05) is 82.4 Å². The molecule has 6 unspecified atom stereocenters. The molecule has 6 heterocycles. The molecule has 9 rings (SSSR count). The number of rotatable bonds is 16. The summed E-state index contributed by atoms with van der Waals surface area (Å²) in [5, 5.41) is 15.4. The van der Waals surface area contributed by atoms with Crippen molar-refractivity contribution < 1.29 is 33.7 Å². The van der Waals surface area contributed by atoms with Crippen LogP contribution in [0.3, 0.4) is 0 Å². The van der Waals surface area contributed by atoms with Crippen LogP contribution in [0.25, 0.3) is 0 Å². The van der Waals surface area contributed by atoms with Gasteiger partial charge in [0.15, 0.2) is 5.78 Å². The van der Waals surface area contributed by atoms with Crippen molar-refractivity contribution in [3.05, 3.63) is 198 Å². The Kier molecular flexibility index (Phi) is 18.0. The van der Waals surface area contributed by atoms with Crippen molar-refractivity contribution >= 4 is 34.9 Å². The molecule has 1 saturated carbocycles. The van der Waals surface area contributed by atoms with Gasteiger partial charge in [0, 0.05) is 95.4 Å². The molecule has 3 aliphatic carbocycles. The highest BCUT2D eigenvalue weighted by Gasteiger charge is 2.76. The Morgan fingerprint density at radius 2 is 1.49 bits per heavy atom. The summed E-state index contributed by atoms with van der Waals surface area (Å²) in [6, 6.07) is 0. The molecule has 11 nitrogen and oxygen atoms in total. The van der Waals surface area contributed by atoms with Gasteiger partial charge in [0.2, 0.25) is 0 Å². The first-order valence-corrected chi connectivity index (χ1v) is 30.7. The summed E-state index contributed by atoms with van der Waals surface area (Å²) in [5.41, 5.74) is 17.9. The summed E-state index contributed by atoms with van der Waals surface area (Å²) in [6.07, 6.45) is 32.3. The molecule has 2 saturated heterocycles. The fraction of sp³-hybridized carbons (Fsp3) is 0.440. The number of ether oxygens (including phenoxy) is 3. The standard InChI is InChI=1S/C75H88N4O7/c1-18-55-48(8)60-36-62-50(10)57(70(78-62)58-35-66(81)69-51(11)63(79-71(58)69)38-65-56(19-2)49(9)61(77-65)37-64(55)76-60)31-33-68(83)85-54-40-73(15,16)75(74(17,41-54)86-75)42-67(82)46(6)29-23-28-44(4)25-21-20-24-43(3)26-22-27-45(5)30-32-59-47(7)34-53(84-52(12)80)39-72(59,13)14/h18,20-29,36-38,50,53-54,57,78,81H,1,19,31,33-35,39-42H2,2-17H3. The van der Waals surface area contributed by atoms with Crippen LogP contribution < -0.4 is 5.32 Å². The predicted octanol–water partition coefficient (Wildman–Crippen LogP) is 16.4. The van der Waals surface area contributed by atoms with E-state index in [0.29, 0.717) is 43.4 Å². The van der Waals surface area contributed by atoms with Crippen molar-refractivity contribution in [2.75, 3.05) is 0 Å². The number of aliphatic imine (C=N–C) groups is 3. The monoisotopic (exact) mass is 1160 g/mol. The van der Waals surface area contributed by atoms with Gasteiger partial charge in [0.05, 0.1) is 39.8 Å². The molecule has 11 heteroatoms. The first-order valence-electron chi connectivity index (χ1n) is 30.7. The van der Waals surface area contributed by atoms with Crippen LogP contribution in [-0.2, 0) is 28.6 Å².